The molecule has 0 fully saturated rings. The molecule has 2 aromatic carbocycles. The number of aliphatic hydroxyl groups excluding tert-OH is 1. The van der Waals surface area contributed by atoms with E-state index in [1.165, 1.54) is 6.07 Å². The average molecular weight is 274 g/mol. The van der Waals surface area contributed by atoms with Gasteiger partial charge in [0.25, 0.3) is 0 Å². The summed E-state index contributed by atoms with van der Waals surface area (Å²) in [5, 5.41) is 10.4. The first-order valence-corrected chi connectivity index (χ1v) is 6.49. The lowest BCUT2D eigenvalue weighted by Crippen LogP contribution is -2.15. The third-order valence-electron chi connectivity index (χ3n) is 3.33. The highest BCUT2D eigenvalue weighted by Gasteiger charge is 2.19. The molecule has 4 heteroatoms. The van der Waals surface area contributed by atoms with Crippen molar-refractivity contribution >= 4 is 0 Å². The molecule has 0 radical (unpaired) electrons. The van der Waals surface area contributed by atoms with Gasteiger partial charge in [0.15, 0.2) is 11.5 Å². The van der Waals surface area contributed by atoms with Crippen LogP contribution in [0, 0.1) is 12.7 Å². The maximum absolute atomic E-state index is 13.8. The van der Waals surface area contributed by atoms with Crippen LogP contribution in [0.5, 0.6) is 11.5 Å². The summed E-state index contributed by atoms with van der Waals surface area (Å²) in [7, 11) is 0. The molecule has 3 rings (SSSR count). The molecule has 0 aliphatic carbocycles. The van der Waals surface area contributed by atoms with Crippen molar-refractivity contribution in [1.29, 1.82) is 0 Å². The fraction of sp³-hybridized carbons (Fsp3) is 0.250. The van der Waals surface area contributed by atoms with Crippen LogP contribution in [0.25, 0.3) is 0 Å². The molecule has 20 heavy (non-hydrogen) atoms. The Labute approximate surface area is 116 Å². The zero-order valence-corrected chi connectivity index (χ0v) is 11.1. The zero-order valence-electron chi connectivity index (χ0n) is 11.1. The van der Waals surface area contributed by atoms with Crippen LogP contribution in [0.3, 0.4) is 0 Å². The Hall–Kier alpha value is -2.07. The lowest BCUT2D eigenvalue weighted by atomic mass is 9.99. The Morgan fingerprint density at radius 1 is 1.05 bits per heavy atom. The number of halogens is 1. The van der Waals surface area contributed by atoms with E-state index in [0.717, 1.165) is 5.56 Å². The van der Waals surface area contributed by atoms with Crippen molar-refractivity contribution in [3.8, 4) is 11.5 Å². The Balaban J connectivity index is 1.97. The monoisotopic (exact) mass is 274 g/mol. The van der Waals surface area contributed by atoms with Crippen LogP contribution in [-0.4, -0.2) is 18.3 Å². The Kier molecular flexibility index (Phi) is 3.32. The normalized spacial score (nSPS) is 14.9. The minimum absolute atomic E-state index is 0.265. The molecule has 0 saturated carbocycles. The molecule has 1 aliphatic heterocycles. The summed E-state index contributed by atoms with van der Waals surface area (Å²) in [5.74, 6) is 0.816. The zero-order chi connectivity index (χ0) is 14.1. The highest BCUT2D eigenvalue weighted by atomic mass is 19.1. The van der Waals surface area contributed by atoms with E-state index < -0.39 is 11.9 Å². The van der Waals surface area contributed by atoms with Crippen LogP contribution in [0.1, 0.15) is 22.8 Å². The molecular weight excluding hydrogens is 259 g/mol. The number of hydrogen-bond donors (Lipinski definition) is 1. The van der Waals surface area contributed by atoms with E-state index in [4.69, 9.17) is 9.47 Å². The van der Waals surface area contributed by atoms with Gasteiger partial charge in [-0.2, -0.15) is 0 Å². The van der Waals surface area contributed by atoms with E-state index in [9.17, 15) is 9.50 Å². The topological polar surface area (TPSA) is 38.7 Å². The van der Waals surface area contributed by atoms with E-state index >= 15 is 0 Å². The van der Waals surface area contributed by atoms with Crippen LogP contribution in [0.15, 0.2) is 36.4 Å². The molecule has 1 aliphatic rings. The lowest BCUT2D eigenvalue weighted by Gasteiger charge is -2.20. The summed E-state index contributed by atoms with van der Waals surface area (Å²) in [6.07, 6.45) is -1.02. The Morgan fingerprint density at radius 2 is 1.80 bits per heavy atom. The average Bonchev–Trinajstić information content (AvgIpc) is 2.48. The van der Waals surface area contributed by atoms with Crippen molar-refractivity contribution in [3.05, 3.63) is 58.9 Å². The van der Waals surface area contributed by atoms with E-state index in [-0.39, 0.29) is 5.56 Å². The van der Waals surface area contributed by atoms with Gasteiger partial charge in [-0.05, 0) is 30.7 Å². The van der Waals surface area contributed by atoms with E-state index in [0.29, 0.717) is 30.3 Å². The van der Waals surface area contributed by atoms with Crippen molar-refractivity contribution in [2.45, 2.75) is 13.0 Å². The van der Waals surface area contributed by atoms with Crippen LogP contribution in [0.2, 0.25) is 0 Å². The quantitative estimate of drug-likeness (QED) is 0.915. The van der Waals surface area contributed by atoms with Gasteiger partial charge < -0.3 is 14.6 Å². The number of ether oxygens (including phenoxy) is 2. The highest BCUT2D eigenvalue weighted by molar-refractivity contribution is 5.46. The summed E-state index contributed by atoms with van der Waals surface area (Å²) in [6, 6.07) is 9.85. The van der Waals surface area contributed by atoms with Crippen molar-refractivity contribution in [2.24, 2.45) is 0 Å². The standard InChI is InChI=1S/C16H15FO3/c1-10-2-4-13(17)12(8-10)16(18)11-3-5-14-15(9-11)20-7-6-19-14/h2-5,8-9,16,18H,6-7H2,1H3. The molecule has 0 bridgehead atoms. The van der Waals surface area contributed by atoms with Crippen LogP contribution < -0.4 is 9.47 Å². The van der Waals surface area contributed by atoms with Gasteiger partial charge in [-0.3, -0.25) is 0 Å². The van der Waals surface area contributed by atoms with Gasteiger partial charge in [-0.25, -0.2) is 4.39 Å². The predicted octanol–water partition coefficient (Wildman–Crippen LogP) is 2.99. The van der Waals surface area contributed by atoms with E-state index in [1.807, 2.05) is 6.92 Å². The highest BCUT2D eigenvalue weighted by Crippen LogP contribution is 2.34. The third kappa shape index (κ3) is 2.34. The van der Waals surface area contributed by atoms with Gasteiger partial charge in [0, 0.05) is 5.56 Å². The molecular formula is C16H15FO3. The molecule has 104 valence electrons. The number of benzene rings is 2. The second-order valence-electron chi connectivity index (χ2n) is 4.83. The lowest BCUT2D eigenvalue weighted by molar-refractivity contribution is 0.169. The van der Waals surface area contributed by atoms with Crippen molar-refractivity contribution in [1.82, 2.24) is 0 Å². The molecule has 1 atom stereocenters. The molecule has 1 unspecified atom stereocenters. The Morgan fingerprint density at radius 3 is 2.60 bits per heavy atom. The molecule has 1 N–H and O–H groups in total. The second-order valence-corrected chi connectivity index (χ2v) is 4.83. The molecule has 0 aromatic heterocycles. The Bertz CT molecular complexity index is 640. The van der Waals surface area contributed by atoms with Crippen molar-refractivity contribution < 1.29 is 19.0 Å². The molecule has 0 saturated heterocycles. The first kappa shape index (κ1) is 12.9. The number of hydrogen-bond acceptors (Lipinski definition) is 3. The molecule has 1 heterocycles. The van der Waals surface area contributed by atoms with Gasteiger partial charge in [0.2, 0.25) is 0 Å². The van der Waals surface area contributed by atoms with E-state index in [2.05, 4.69) is 0 Å². The molecule has 0 spiro atoms. The van der Waals surface area contributed by atoms with Crippen LogP contribution >= 0.6 is 0 Å². The number of aryl methyl sites for hydroxylation is 1. The first-order chi connectivity index (χ1) is 9.65. The smallest absolute Gasteiger partial charge is 0.161 e. The largest absolute Gasteiger partial charge is 0.486 e. The molecule has 0 amide bonds. The van der Waals surface area contributed by atoms with Crippen molar-refractivity contribution in [2.75, 3.05) is 13.2 Å². The third-order valence-corrected chi connectivity index (χ3v) is 3.33. The fourth-order valence-electron chi connectivity index (χ4n) is 2.28. The maximum atomic E-state index is 13.8. The summed E-state index contributed by atoms with van der Waals surface area (Å²) in [6.45, 7) is 2.85. The summed E-state index contributed by atoms with van der Waals surface area (Å²) in [5.41, 5.74) is 1.75. The predicted molar refractivity (Wildman–Crippen MR) is 72.6 cm³/mol. The van der Waals surface area contributed by atoms with E-state index in [1.54, 1.807) is 30.3 Å². The summed E-state index contributed by atoms with van der Waals surface area (Å²) in [4.78, 5) is 0. The molecule has 2 aromatic rings. The minimum atomic E-state index is -1.02. The van der Waals surface area contributed by atoms with Crippen molar-refractivity contribution in [3.63, 3.8) is 0 Å². The van der Waals surface area contributed by atoms with Crippen LogP contribution in [-0.2, 0) is 0 Å². The molecule has 3 nitrogen and oxygen atoms in total. The SMILES string of the molecule is Cc1ccc(F)c(C(O)c2ccc3c(c2)OCCO3)c1. The van der Waals surface area contributed by atoms with Gasteiger partial charge in [0.1, 0.15) is 25.1 Å². The fourth-order valence-corrected chi connectivity index (χ4v) is 2.28. The first-order valence-electron chi connectivity index (χ1n) is 6.49. The summed E-state index contributed by atoms with van der Waals surface area (Å²) < 4.78 is 24.7. The van der Waals surface area contributed by atoms with Crippen LogP contribution in [0.4, 0.5) is 4.39 Å². The number of fused-ring (bicyclic) bond motifs is 1. The number of aliphatic hydroxyl groups is 1. The summed E-state index contributed by atoms with van der Waals surface area (Å²) >= 11 is 0. The minimum Gasteiger partial charge on any atom is -0.486 e. The van der Waals surface area contributed by atoms with Gasteiger partial charge in [-0.1, -0.05) is 23.8 Å². The van der Waals surface area contributed by atoms with Gasteiger partial charge in [-0.15, -0.1) is 0 Å². The number of rotatable bonds is 2. The van der Waals surface area contributed by atoms with Gasteiger partial charge in [0.05, 0.1) is 0 Å². The maximum Gasteiger partial charge on any atom is 0.161 e. The second kappa shape index (κ2) is 5.13. The van der Waals surface area contributed by atoms with Gasteiger partial charge >= 0.3 is 0 Å².